The highest BCUT2D eigenvalue weighted by molar-refractivity contribution is 5.95. The number of hydrogen-bond acceptors (Lipinski definition) is 3. The number of aryl methyl sites for hydroxylation is 1. The van der Waals surface area contributed by atoms with Crippen molar-refractivity contribution in [2.75, 3.05) is 26.2 Å². The highest BCUT2D eigenvalue weighted by Gasteiger charge is 2.56. The number of benzene rings is 2. The summed E-state index contributed by atoms with van der Waals surface area (Å²) in [6, 6.07) is 7.31. The molecule has 1 atom stereocenters. The fraction of sp³-hybridized carbons (Fsp3) is 0.417. The lowest BCUT2D eigenvalue weighted by Crippen LogP contribution is -2.48. The van der Waals surface area contributed by atoms with E-state index < -0.39 is 22.9 Å². The fourth-order valence-electron chi connectivity index (χ4n) is 5.41. The fourth-order valence-corrected chi connectivity index (χ4v) is 5.41. The number of hydrazine groups is 1. The average molecular weight is 443 g/mol. The summed E-state index contributed by atoms with van der Waals surface area (Å²) in [6.07, 6.45) is 1.63. The number of likely N-dealkylation sites (tertiary alicyclic amines) is 1. The van der Waals surface area contributed by atoms with Gasteiger partial charge in [0.05, 0.1) is 11.5 Å². The SMILES string of the molecule is Cc1cc(F)cc(C(=O)N2CCC3(CC2)CN2CC[C@@H](c4cc(F)cc(F)c4)N2C3=O)c1. The van der Waals surface area contributed by atoms with Crippen LogP contribution in [0, 0.1) is 29.8 Å². The van der Waals surface area contributed by atoms with Crippen LogP contribution in [0.5, 0.6) is 0 Å². The van der Waals surface area contributed by atoms with Gasteiger partial charge in [0.2, 0.25) is 5.91 Å². The van der Waals surface area contributed by atoms with Gasteiger partial charge in [-0.3, -0.25) is 14.6 Å². The Hall–Kier alpha value is -2.87. The molecule has 32 heavy (non-hydrogen) atoms. The Morgan fingerprint density at radius 1 is 0.938 bits per heavy atom. The number of nitrogens with zero attached hydrogens (tertiary/aromatic N) is 3. The van der Waals surface area contributed by atoms with Crippen molar-refractivity contribution in [2.24, 2.45) is 5.41 Å². The van der Waals surface area contributed by atoms with Crippen LogP contribution in [0.25, 0.3) is 0 Å². The molecular formula is C24H24F3N3O2. The molecule has 0 saturated carbocycles. The van der Waals surface area contributed by atoms with Crippen molar-refractivity contribution in [3.63, 3.8) is 0 Å². The molecule has 2 aromatic carbocycles. The molecule has 0 radical (unpaired) electrons. The van der Waals surface area contributed by atoms with E-state index in [2.05, 4.69) is 0 Å². The molecule has 0 unspecified atom stereocenters. The van der Waals surface area contributed by atoms with Gasteiger partial charge >= 0.3 is 0 Å². The van der Waals surface area contributed by atoms with Crippen LogP contribution in [0.1, 0.15) is 46.8 Å². The van der Waals surface area contributed by atoms with Crippen molar-refractivity contribution in [3.8, 4) is 0 Å². The maximum absolute atomic E-state index is 13.8. The van der Waals surface area contributed by atoms with Crippen LogP contribution in [0.15, 0.2) is 36.4 Å². The molecule has 3 aliphatic rings. The van der Waals surface area contributed by atoms with E-state index in [0.717, 1.165) is 6.07 Å². The summed E-state index contributed by atoms with van der Waals surface area (Å²) in [5, 5.41) is 3.64. The third kappa shape index (κ3) is 3.46. The molecule has 5 nitrogen and oxygen atoms in total. The number of halogens is 3. The number of piperidine rings is 1. The molecule has 1 spiro atoms. The molecule has 8 heteroatoms. The first-order valence-electron chi connectivity index (χ1n) is 10.9. The Morgan fingerprint density at radius 3 is 2.25 bits per heavy atom. The Balaban J connectivity index is 1.32. The van der Waals surface area contributed by atoms with E-state index >= 15 is 0 Å². The highest BCUT2D eigenvalue weighted by atomic mass is 19.1. The minimum absolute atomic E-state index is 0.0432. The van der Waals surface area contributed by atoms with Crippen LogP contribution in [0.4, 0.5) is 13.2 Å². The van der Waals surface area contributed by atoms with Crippen LogP contribution in [-0.2, 0) is 4.79 Å². The first kappa shape index (κ1) is 21.0. The first-order valence-corrected chi connectivity index (χ1v) is 10.9. The number of rotatable bonds is 2. The second-order valence-electron chi connectivity index (χ2n) is 9.13. The zero-order chi connectivity index (χ0) is 22.6. The predicted molar refractivity (Wildman–Crippen MR) is 111 cm³/mol. The van der Waals surface area contributed by atoms with Gasteiger partial charge in [-0.1, -0.05) is 0 Å². The normalized spacial score (nSPS) is 22.6. The van der Waals surface area contributed by atoms with Gasteiger partial charge in [0.15, 0.2) is 0 Å². The lowest BCUT2D eigenvalue weighted by atomic mass is 9.77. The number of hydrogen-bond donors (Lipinski definition) is 0. The highest BCUT2D eigenvalue weighted by Crippen LogP contribution is 2.47. The Labute approximate surface area is 184 Å². The maximum Gasteiger partial charge on any atom is 0.253 e. The lowest BCUT2D eigenvalue weighted by molar-refractivity contribution is -0.144. The third-order valence-electron chi connectivity index (χ3n) is 6.97. The molecule has 5 rings (SSSR count). The van der Waals surface area contributed by atoms with Gasteiger partial charge in [-0.15, -0.1) is 0 Å². The summed E-state index contributed by atoms with van der Waals surface area (Å²) in [4.78, 5) is 28.0. The molecule has 3 saturated heterocycles. The van der Waals surface area contributed by atoms with Crippen molar-refractivity contribution in [1.82, 2.24) is 14.9 Å². The summed E-state index contributed by atoms with van der Waals surface area (Å²) in [5.41, 5.74) is 0.846. The summed E-state index contributed by atoms with van der Waals surface area (Å²) >= 11 is 0. The van der Waals surface area contributed by atoms with Crippen LogP contribution in [0.3, 0.4) is 0 Å². The van der Waals surface area contributed by atoms with Gasteiger partial charge in [-0.2, -0.15) is 0 Å². The lowest BCUT2D eigenvalue weighted by Gasteiger charge is -2.38. The number of fused-ring (bicyclic) bond motifs is 1. The van der Waals surface area contributed by atoms with Crippen molar-refractivity contribution in [3.05, 3.63) is 70.5 Å². The largest absolute Gasteiger partial charge is 0.339 e. The van der Waals surface area contributed by atoms with Crippen LogP contribution < -0.4 is 0 Å². The number of carbonyl (C=O) groups is 2. The van der Waals surface area contributed by atoms with Crippen molar-refractivity contribution in [2.45, 2.75) is 32.2 Å². The van der Waals surface area contributed by atoms with Gasteiger partial charge in [0, 0.05) is 37.8 Å². The van der Waals surface area contributed by atoms with E-state index in [-0.39, 0.29) is 17.9 Å². The Bertz CT molecular complexity index is 1060. The van der Waals surface area contributed by atoms with E-state index in [1.165, 1.54) is 24.3 Å². The average Bonchev–Trinajstić information content (AvgIpc) is 3.25. The van der Waals surface area contributed by atoms with Gasteiger partial charge in [0.1, 0.15) is 17.5 Å². The Kier molecular flexibility index (Phi) is 5.00. The van der Waals surface area contributed by atoms with Crippen LogP contribution in [0.2, 0.25) is 0 Å². The molecule has 3 aliphatic heterocycles. The van der Waals surface area contributed by atoms with Crippen molar-refractivity contribution in [1.29, 1.82) is 0 Å². The third-order valence-corrected chi connectivity index (χ3v) is 6.97. The molecular weight excluding hydrogens is 419 g/mol. The zero-order valence-corrected chi connectivity index (χ0v) is 17.8. The standard InChI is InChI=1S/C24H24F3N3O2/c1-15-8-17(12-18(25)9-15)22(31)28-6-3-24(4-7-28)14-29-5-2-21(30(29)23(24)32)16-10-19(26)13-20(27)11-16/h8-13,21H,2-7,14H2,1H3/t21-/m0/s1. The van der Waals surface area contributed by atoms with Gasteiger partial charge in [0.25, 0.3) is 5.91 Å². The van der Waals surface area contributed by atoms with E-state index in [1.807, 2.05) is 5.01 Å². The smallest absolute Gasteiger partial charge is 0.253 e. The monoisotopic (exact) mass is 443 g/mol. The van der Waals surface area contributed by atoms with Crippen LogP contribution in [-0.4, -0.2) is 52.9 Å². The van der Waals surface area contributed by atoms with Crippen molar-refractivity contribution >= 4 is 11.8 Å². The predicted octanol–water partition coefficient (Wildman–Crippen LogP) is 3.84. The molecule has 3 heterocycles. The molecule has 3 fully saturated rings. The molecule has 0 N–H and O–H groups in total. The van der Waals surface area contributed by atoms with E-state index in [9.17, 15) is 22.8 Å². The molecule has 168 valence electrons. The minimum Gasteiger partial charge on any atom is -0.339 e. The maximum atomic E-state index is 13.8. The van der Waals surface area contributed by atoms with E-state index in [0.29, 0.717) is 62.1 Å². The molecule has 0 aliphatic carbocycles. The van der Waals surface area contributed by atoms with E-state index in [1.54, 1.807) is 22.9 Å². The van der Waals surface area contributed by atoms with Gasteiger partial charge in [-0.25, -0.2) is 18.2 Å². The zero-order valence-electron chi connectivity index (χ0n) is 17.8. The quantitative estimate of drug-likeness (QED) is 0.709. The molecule has 0 bridgehead atoms. The van der Waals surface area contributed by atoms with Gasteiger partial charge < -0.3 is 4.90 Å². The first-order chi connectivity index (χ1) is 15.3. The molecule has 2 amide bonds. The van der Waals surface area contributed by atoms with Gasteiger partial charge in [-0.05, 0) is 67.6 Å². The Morgan fingerprint density at radius 2 is 1.59 bits per heavy atom. The summed E-state index contributed by atoms with van der Waals surface area (Å²) in [6.45, 7) is 3.73. The molecule has 2 aromatic rings. The minimum atomic E-state index is -0.654. The number of amides is 2. The summed E-state index contributed by atoms with van der Waals surface area (Å²) in [7, 11) is 0. The van der Waals surface area contributed by atoms with Crippen LogP contribution >= 0.6 is 0 Å². The summed E-state index contributed by atoms with van der Waals surface area (Å²) < 4.78 is 41.3. The second kappa shape index (κ2) is 7.62. The molecule has 0 aromatic heterocycles. The second-order valence-corrected chi connectivity index (χ2v) is 9.13. The number of carbonyl (C=O) groups excluding carboxylic acids is 2. The summed E-state index contributed by atoms with van der Waals surface area (Å²) in [5.74, 6) is -2.03. The van der Waals surface area contributed by atoms with Crippen molar-refractivity contribution < 1.29 is 22.8 Å². The van der Waals surface area contributed by atoms with E-state index in [4.69, 9.17) is 0 Å². The topological polar surface area (TPSA) is 43.9 Å².